The lowest BCUT2D eigenvalue weighted by atomic mass is 9.94. The van der Waals surface area contributed by atoms with Crippen molar-refractivity contribution in [2.75, 3.05) is 10.2 Å². The smallest absolute Gasteiger partial charge is 0.307 e. The largest absolute Gasteiger partial charge is 0.326 e. The summed E-state index contributed by atoms with van der Waals surface area (Å²) in [5.41, 5.74) is 1.84. The van der Waals surface area contributed by atoms with Gasteiger partial charge in [0.2, 0.25) is 0 Å². The number of carbonyl (C=O) groups is 1. The predicted molar refractivity (Wildman–Crippen MR) is 109 cm³/mol. The van der Waals surface area contributed by atoms with Crippen LogP contribution in [0.4, 0.5) is 16.2 Å². The van der Waals surface area contributed by atoms with Gasteiger partial charge in [0.15, 0.2) is 0 Å². The number of benzene rings is 3. The van der Waals surface area contributed by atoms with E-state index in [0.29, 0.717) is 0 Å². The normalized spacial score (nSPS) is 14.9. The Labute approximate surface area is 154 Å². The molecule has 0 heterocycles. The van der Waals surface area contributed by atoms with E-state index in [1.165, 1.54) is 19.3 Å². The summed E-state index contributed by atoms with van der Waals surface area (Å²) in [5.74, 6) is 0. The van der Waals surface area contributed by atoms with E-state index < -0.39 is 0 Å². The van der Waals surface area contributed by atoms with Crippen LogP contribution in [-0.4, -0.2) is 12.1 Å². The van der Waals surface area contributed by atoms with Gasteiger partial charge in [-0.1, -0.05) is 73.9 Å². The summed E-state index contributed by atoms with van der Waals surface area (Å²) >= 11 is 0. The average molecular weight is 344 g/mol. The molecule has 1 aliphatic carbocycles. The molecule has 1 saturated carbocycles. The molecular formula is C23H24N2O. The van der Waals surface area contributed by atoms with Crippen molar-refractivity contribution in [1.82, 2.24) is 0 Å². The summed E-state index contributed by atoms with van der Waals surface area (Å²) in [6.45, 7) is 0. The molecule has 0 unspecified atom stereocenters. The molecule has 3 aromatic rings. The first-order valence-corrected chi connectivity index (χ1v) is 9.46. The van der Waals surface area contributed by atoms with Crippen LogP contribution >= 0.6 is 0 Å². The summed E-state index contributed by atoms with van der Waals surface area (Å²) in [7, 11) is 0. The van der Waals surface area contributed by atoms with E-state index in [-0.39, 0.29) is 12.1 Å². The van der Waals surface area contributed by atoms with E-state index >= 15 is 0 Å². The van der Waals surface area contributed by atoms with E-state index in [0.717, 1.165) is 35.0 Å². The number of anilines is 2. The highest BCUT2D eigenvalue weighted by Gasteiger charge is 2.27. The Bertz CT molecular complexity index is 880. The van der Waals surface area contributed by atoms with Gasteiger partial charge < -0.3 is 5.32 Å². The molecular weight excluding hydrogens is 320 g/mol. The topological polar surface area (TPSA) is 32.3 Å². The van der Waals surface area contributed by atoms with Crippen LogP contribution in [0.25, 0.3) is 10.8 Å². The molecule has 0 spiro atoms. The Hall–Kier alpha value is -2.81. The molecule has 1 fully saturated rings. The van der Waals surface area contributed by atoms with Gasteiger partial charge in [0.05, 0.1) is 5.69 Å². The predicted octanol–water partition coefficient (Wildman–Crippen LogP) is 6.21. The molecule has 0 atom stereocenters. The van der Waals surface area contributed by atoms with Gasteiger partial charge in [-0.2, -0.15) is 0 Å². The molecule has 4 rings (SSSR count). The van der Waals surface area contributed by atoms with E-state index in [2.05, 4.69) is 23.5 Å². The van der Waals surface area contributed by atoms with Gasteiger partial charge >= 0.3 is 6.03 Å². The minimum Gasteiger partial charge on any atom is -0.307 e. The number of hydrogen-bond acceptors (Lipinski definition) is 1. The molecule has 3 nitrogen and oxygen atoms in total. The zero-order valence-corrected chi connectivity index (χ0v) is 14.9. The first kappa shape index (κ1) is 16.6. The van der Waals surface area contributed by atoms with Crippen LogP contribution in [0.3, 0.4) is 0 Å². The minimum atomic E-state index is -0.0422. The van der Waals surface area contributed by atoms with Crippen molar-refractivity contribution in [1.29, 1.82) is 0 Å². The van der Waals surface area contributed by atoms with Crippen molar-refractivity contribution in [2.45, 2.75) is 38.1 Å². The van der Waals surface area contributed by atoms with Crippen LogP contribution < -0.4 is 10.2 Å². The molecule has 0 saturated heterocycles. The lowest BCUT2D eigenvalue weighted by Crippen LogP contribution is -2.44. The molecule has 3 aromatic carbocycles. The maximum Gasteiger partial charge on any atom is 0.326 e. The van der Waals surface area contributed by atoms with Crippen molar-refractivity contribution >= 4 is 28.2 Å². The van der Waals surface area contributed by atoms with Crippen LogP contribution in [0.5, 0.6) is 0 Å². The molecule has 0 aromatic heterocycles. The second-order valence-corrected chi connectivity index (χ2v) is 6.95. The Morgan fingerprint density at radius 1 is 0.808 bits per heavy atom. The summed E-state index contributed by atoms with van der Waals surface area (Å²) in [6, 6.07) is 24.4. The van der Waals surface area contributed by atoms with Crippen molar-refractivity contribution in [3.05, 3.63) is 72.8 Å². The summed E-state index contributed by atoms with van der Waals surface area (Å²) in [5, 5.41) is 5.37. The van der Waals surface area contributed by atoms with Crippen LogP contribution in [0, 0.1) is 0 Å². The third-order valence-electron chi connectivity index (χ3n) is 5.22. The average Bonchev–Trinajstić information content (AvgIpc) is 2.70. The summed E-state index contributed by atoms with van der Waals surface area (Å²) in [6.07, 6.45) is 5.78. The van der Waals surface area contributed by atoms with Gasteiger partial charge in [0.25, 0.3) is 0 Å². The lowest BCUT2D eigenvalue weighted by Gasteiger charge is -2.34. The molecule has 132 valence electrons. The minimum absolute atomic E-state index is 0.0422. The Kier molecular flexibility index (Phi) is 4.87. The van der Waals surface area contributed by atoms with Gasteiger partial charge in [-0.25, -0.2) is 4.79 Å². The number of urea groups is 1. The van der Waals surface area contributed by atoms with E-state index in [9.17, 15) is 4.79 Å². The van der Waals surface area contributed by atoms with Crippen LogP contribution in [-0.2, 0) is 0 Å². The molecule has 2 amide bonds. The highest BCUT2D eigenvalue weighted by Crippen LogP contribution is 2.29. The van der Waals surface area contributed by atoms with Crippen LogP contribution in [0.2, 0.25) is 0 Å². The molecule has 1 N–H and O–H groups in total. The van der Waals surface area contributed by atoms with E-state index in [1.54, 1.807) is 0 Å². The quantitative estimate of drug-likeness (QED) is 0.602. The maximum atomic E-state index is 13.3. The number of nitrogens with zero attached hydrogens (tertiary/aromatic N) is 1. The number of fused-ring (bicyclic) bond motifs is 1. The second-order valence-electron chi connectivity index (χ2n) is 6.95. The highest BCUT2D eigenvalue weighted by molar-refractivity contribution is 6.07. The monoisotopic (exact) mass is 344 g/mol. The third kappa shape index (κ3) is 3.43. The standard InChI is InChI=1S/C23H24N2O/c26-23(24-22-17-9-11-18-10-7-8-16-21(18)22)25(19-12-3-1-4-13-19)20-14-5-2-6-15-20/h1,3-4,7-13,16-17,20H,2,5-6,14-15H2,(H,24,26). The fraction of sp³-hybridized carbons (Fsp3) is 0.261. The van der Waals surface area contributed by atoms with Crippen molar-refractivity contribution in [3.63, 3.8) is 0 Å². The van der Waals surface area contributed by atoms with Gasteiger partial charge in [-0.05, 0) is 36.4 Å². The number of hydrogen-bond donors (Lipinski definition) is 1. The Balaban J connectivity index is 1.65. The number of para-hydroxylation sites is 1. The zero-order chi connectivity index (χ0) is 17.8. The van der Waals surface area contributed by atoms with Gasteiger partial charge in [-0.3, -0.25) is 4.90 Å². The van der Waals surface area contributed by atoms with Crippen LogP contribution in [0.1, 0.15) is 32.1 Å². The summed E-state index contributed by atoms with van der Waals surface area (Å²) in [4.78, 5) is 15.2. The van der Waals surface area contributed by atoms with Crippen molar-refractivity contribution in [2.24, 2.45) is 0 Å². The van der Waals surface area contributed by atoms with Gasteiger partial charge in [0.1, 0.15) is 0 Å². The Morgan fingerprint density at radius 3 is 2.31 bits per heavy atom. The SMILES string of the molecule is O=C(Nc1cccc2ccccc12)N(c1ccccc1)C1CCCCC1. The number of amides is 2. The molecule has 3 heteroatoms. The summed E-state index contributed by atoms with van der Waals surface area (Å²) < 4.78 is 0. The maximum absolute atomic E-state index is 13.3. The molecule has 0 bridgehead atoms. The van der Waals surface area contributed by atoms with Gasteiger partial charge in [-0.15, -0.1) is 0 Å². The zero-order valence-electron chi connectivity index (χ0n) is 14.9. The first-order valence-electron chi connectivity index (χ1n) is 9.46. The van der Waals surface area contributed by atoms with E-state index in [1.807, 2.05) is 59.5 Å². The number of rotatable bonds is 3. The molecule has 0 aliphatic heterocycles. The fourth-order valence-electron chi connectivity index (χ4n) is 3.93. The van der Waals surface area contributed by atoms with Gasteiger partial charge in [0, 0.05) is 17.1 Å². The van der Waals surface area contributed by atoms with Crippen molar-refractivity contribution in [3.8, 4) is 0 Å². The Morgan fingerprint density at radius 2 is 1.50 bits per heavy atom. The first-order chi connectivity index (χ1) is 12.8. The van der Waals surface area contributed by atoms with Crippen LogP contribution in [0.15, 0.2) is 72.8 Å². The second kappa shape index (κ2) is 7.61. The van der Waals surface area contributed by atoms with E-state index in [4.69, 9.17) is 0 Å². The fourth-order valence-corrected chi connectivity index (χ4v) is 3.93. The number of nitrogens with one attached hydrogen (secondary N) is 1. The molecule has 0 radical (unpaired) electrons. The van der Waals surface area contributed by atoms with Crippen molar-refractivity contribution < 1.29 is 4.79 Å². The highest BCUT2D eigenvalue weighted by atomic mass is 16.2. The third-order valence-corrected chi connectivity index (χ3v) is 5.22. The molecule has 1 aliphatic rings. The lowest BCUT2D eigenvalue weighted by molar-refractivity contribution is 0.252. The number of carbonyl (C=O) groups excluding carboxylic acids is 1. The molecule has 26 heavy (non-hydrogen) atoms.